The third-order valence-electron chi connectivity index (χ3n) is 6.37. The van der Waals surface area contributed by atoms with E-state index >= 15 is 0 Å². The van der Waals surface area contributed by atoms with Gasteiger partial charge in [0.2, 0.25) is 0 Å². The molecule has 1 nitrogen and oxygen atoms in total. The summed E-state index contributed by atoms with van der Waals surface area (Å²) in [6, 6.07) is 8.30. The van der Waals surface area contributed by atoms with Gasteiger partial charge in [0.1, 0.15) is 0 Å². The second-order valence-electron chi connectivity index (χ2n) is 10.1. The van der Waals surface area contributed by atoms with Crippen molar-refractivity contribution >= 4 is 38.3 Å². The van der Waals surface area contributed by atoms with Crippen LogP contribution in [0.1, 0.15) is 82.1 Å². The van der Waals surface area contributed by atoms with Gasteiger partial charge in [-0.05, 0) is 0 Å². The topological polar surface area (TPSA) is 17.1 Å². The van der Waals surface area contributed by atoms with Crippen LogP contribution in [0, 0.1) is 0 Å². The molecule has 0 aromatic heterocycles. The van der Waals surface area contributed by atoms with Crippen molar-refractivity contribution in [1.82, 2.24) is 0 Å². The van der Waals surface area contributed by atoms with E-state index in [0.29, 0.717) is 0 Å². The normalized spacial score (nSPS) is 13.0. The maximum atomic E-state index is 11.6. The molecule has 0 heterocycles. The van der Waals surface area contributed by atoms with Gasteiger partial charge in [0, 0.05) is 0 Å². The van der Waals surface area contributed by atoms with Crippen LogP contribution in [0.4, 0.5) is 0 Å². The second-order valence-corrected chi connectivity index (χ2v) is 29.1. The van der Waals surface area contributed by atoms with Crippen molar-refractivity contribution in [3.05, 3.63) is 40.6 Å². The van der Waals surface area contributed by atoms with Crippen LogP contribution in [0.2, 0.25) is 37.4 Å². The van der Waals surface area contributed by atoms with Crippen molar-refractivity contribution < 1.29 is 4.79 Å². The Hall–Kier alpha value is -0.354. The van der Waals surface area contributed by atoms with E-state index in [-0.39, 0.29) is 5.78 Å². The molecule has 0 saturated carbocycles. The fourth-order valence-corrected chi connectivity index (χ4v) is 28.1. The zero-order chi connectivity index (χ0) is 21.9. The number of unbranched alkanes of at least 4 members (excludes halogenated alkanes) is 3. The van der Waals surface area contributed by atoms with E-state index in [0.717, 1.165) is 5.56 Å². The first-order chi connectivity index (χ1) is 13.7. The van der Waals surface area contributed by atoms with Crippen LogP contribution < -0.4 is 0 Å². The van der Waals surface area contributed by atoms with Crippen molar-refractivity contribution in [2.45, 2.75) is 104 Å². The molecule has 1 rings (SSSR count). The summed E-state index contributed by atoms with van der Waals surface area (Å²) in [6.45, 7) is 16.3. The number of rotatable bonds is 14. The van der Waals surface area contributed by atoms with E-state index < -0.39 is 26.5 Å². The molecule has 0 aliphatic rings. The van der Waals surface area contributed by atoms with Gasteiger partial charge in [-0.1, -0.05) is 0 Å². The van der Waals surface area contributed by atoms with Crippen LogP contribution in [0.3, 0.4) is 0 Å². The van der Waals surface area contributed by atoms with Crippen LogP contribution in [0.5, 0.6) is 0 Å². The van der Waals surface area contributed by atoms with Gasteiger partial charge in [-0.15, -0.1) is 0 Å². The van der Waals surface area contributed by atoms with Crippen molar-refractivity contribution in [2.75, 3.05) is 0 Å². The summed E-state index contributed by atoms with van der Waals surface area (Å²) in [5, 5.41) is 1.78. The van der Waals surface area contributed by atoms with E-state index in [1.54, 1.807) is 25.4 Å². The van der Waals surface area contributed by atoms with Gasteiger partial charge in [-0.3, -0.25) is 0 Å². The Balaban J connectivity index is 3.27. The maximum absolute atomic E-state index is 11.6. The quantitative estimate of drug-likeness (QED) is 0.176. The Morgan fingerprint density at radius 2 is 1.31 bits per heavy atom. The molecule has 0 amide bonds. The number of benzene rings is 1. The Morgan fingerprint density at radius 1 is 0.862 bits per heavy atom. The summed E-state index contributed by atoms with van der Waals surface area (Å²) in [5.41, 5.74) is 2.10. The van der Waals surface area contributed by atoms with Gasteiger partial charge in [0.25, 0.3) is 0 Å². The third-order valence-corrected chi connectivity index (χ3v) is 25.0. The molecule has 0 N–H and O–H groups in total. The Morgan fingerprint density at radius 3 is 1.66 bits per heavy atom. The molecule has 0 fully saturated rings. The molecule has 0 aliphatic carbocycles. The van der Waals surface area contributed by atoms with E-state index in [4.69, 9.17) is 0 Å². The predicted molar refractivity (Wildman–Crippen MR) is 137 cm³/mol. The molecule has 1 aromatic carbocycles. The number of carbonyl (C=O) groups excluding carboxylic acids is 1. The first-order valence-corrected chi connectivity index (χ1v) is 23.6. The summed E-state index contributed by atoms with van der Waals surface area (Å²) in [4.78, 5) is 11.6. The van der Waals surface area contributed by atoms with Gasteiger partial charge in [0.15, 0.2) is 0 Å². The summed E-state index contributed by atoms with van der Waals surface area (Å²) >= 11 is -2.21. The van der Waals surface area contributed by atoms with Crippen LogP contribution in [0.15, 0.2) is 29.5 Å². The van der Waals surface area contributed by atoms with Crippen molar-refractivity contribution in [2.24, 2.45) is 0 Å². The van der Waals surface area contributed by atoms with E-state index in [9.17, 15) is 4.79 Å². The number of hydrogen-bond donors (Lipinski definition) is 0. The molecule has 0 atom stereocenters. The van der Waals surface area contributed by atoms with Crippen molar-refractivity contribution in [3.8, 4) is 0 Å². The minimum atomic E-state index is -2.21. The molecular weight excluding hydrogens is 475 g/mol. The molecule has 1 aromatic rings. The Bertz CT molecular complexity index is 618. The molecule has 0 spiro atoms. The number of hydrogen-bond acceptors (Lipinski definition) is 1. The zero-order valence-electron chi connectivity index (χ0n) is 20.4. The van der Waals surface area contributed by atoms with Crippen LogP contribution in [0.25, 0.3) is 6.08 Å². The number of carbonyl (C=O) groups is 1. The average Bonchev–Trinajstić information content (AvgIpc) is 2.68. The van der Waals surface area contributed by atoms with E-state index in [1.807, 2.05) is 12.1 Å². The minimum absolute atomic E-state index is 0.153. The second kappa shape index (κ2) is 13.1. The summed E-state index contributed by atoms with van der Waals surface area (Å²) < 4.78 is 6.21. The molecular formula is C26H46OSiSn. The van der Waals surface area contributed by atoms with Crippen LogP contribution in [-0.4, -0.2) is 32.2 Å². The van der Waals surface area contributed by atoms with Crippen LogP contribution >= 0.6 is 0 Å². The fraction of sp³-hybridized carbons (Fsp3) is 0.654. The van der Waals surface area contributed by atoms with Gasteiger partial charge in [-0.25, -0.2) is 0 Å². The molecule has 0 saturated heterocycles. The molecule has 0 unspecified atom stereocenters. The fourth-order valence-electron chi connectivity index (χ4n) is 4.25. The first-order valence-electron chi connectivity index (χ1n) is 12.0. The molecule has 0 aliphatic heterocycles. The molecule has 164 valence electrons. The summed E-state index contributed by atoms with van der Waals surface area (Å²) in [7, 11) is -1.39. The number of ketones is 1. The van der Waals surface area contributed by atoms with Gasteiger partial charge >= 0.3 is 187 Å². The van der Waals surface area contributed by atoms with Gasteiger partial charge in [0.05, 0.1) is 0 Å². The molecule has 0 radical (unpaired) electrons. The SMILES string of the molecule is CCC[CH2][Sn]([CH2]CCC)([CH2]CCC)[CH2]/C(=C\c1ccc(C(C)=O)cc1)[Si](C)(C)C. The van der Waals surface area contributed by atoms with Crippen LogP contribution in [-0.2, 0) is 0 Å². The number of allylic oxidation sites excluding steroid dienone is 1. The summed E-state index contributed by atoms with van der Waals surface area (Å²) in [5.74, 6) is 0.153. The van der Waals surface area contributed by atoms with Crippen molar-refractivity contribution in [3.63, 3.8) is 0 Å². The molecule has 3 heteroatoms. The Kier molecular flexibility index (Phi) is 12.1. The monoisotopic (exact) mass is 522 g/mol. The van der Waals surface area contributed by atoms with Crippen molar-refractivity contribution in [1.29, 1.82) is 0 Å². The predicted octanol–water partition coefficient (Wildman–Crippen LogP) is 9.00. The zero-order valence-corrected chi connectivity index (χ0v) is 24.2. The van der Waals surface area contributed by atoms with E-state index in [2.05, 4.69) is 58.6 Å². The molecule has 0 bridgehead atoms. The molecule has 29 heavy (non-hydrogen) atoms. The standard InChI is InChI=1S/C14H19OSi.3C4H9.Sn/c1-11(16(3,4)5)10-13-6-8-14(9-7-13)12(2)15;3*1-3-4-2;/h6-10H,1H2,2-5H3;3*1,3-4H2,2H3;/b11-10+;;;;. The summed E-state index contributed by atoms with van der Waals surface area (Å²) in [6.07, 6.45) is 10.9. The van der Waals surface area contributed by atoms with Gasteiger partial charge in [-0.2, -0.15) is 0 Å². The number of Topliss-reactive ketones (excluding diaryl/α,β-unsaturated/α-hetero) is 1. The van der Waals surface area contributed by atoms with E-state index in [1.165, 1.54) is 48.5 Å². The Labute approximate surface area is 186 Å². The third kappa shape index (κ3) is 9.54. The average molecular weight is 521 g/mol. The first kappa shape index (κ1) is 26.7. The van der Waals surface area contributed by atoms with Gasteiger partial charge < -0.3 is 0 Å².